The number of rotatable bonds is 4. The van der Waals surface area contributed by atoms with Crippen molar-refractivity contribution in [3.63, 3.8) is 0 Å². The lowest BCUT2D eigenvalue weighted by Crippen LogP contribution is -2.29. The van der Waals surface area contributed by atoms with Gasteiger partial charge in [0.1, 0.15) is 5.76 Å². The third kappa shape index (κ3) is 3.50. The summed E-state index contributed by atoms with van der Waals surface area (Å²) in [5, 5.41) is 4.00. The van der Waals surface area contributed by atoms with Crippen LogP contribution < -0.4 is 0 Å². The van der Waals surface area contributed by atoms with Crippen LogP contribution in [0, 0.1) is 6.92 Å². The molecular formula is C12H16N2O4S. The Labute approximate surface area is 115 Å². The van der Waals surface area contributed by atoms with Crippen LogP contribution in [0.15, 0.2) is 10.6 Å². The minimum atomic E-state index is -0.234. The predicted octanol–water partition coefficient (Wildman–Crippen LogP) is 1.10. The summed E-state index contributed by atoms with van der Waals surface area (Å²) in [5.41, 5.74) is 0.344. The normalized spacial score (nSPS) is 18.6. The third-order valence-electron chi connectivity index (χ3n) is 2.94. The van der Waals surface area contributed by atoms with Gasteiger partial charge < -0.3 is 14.2 Å². The lowest BCUT2D eigenvalue weighted by molar-refractivity contribution is -0.137. The number of carbonyl (C=O) groups excluding carboxylic acids is 2. The van der Waals surface area contributed by atoms with E-state index in [1.165, 1.54) is 18.9 Å². The fourth-order valence-electron chi connectivity index (χ4n) is 1.92. The highest BCUT2D eigenvalue weighted by Gasteiger charge is 2.29. The van der Waals surface area contributed by atoms with Crippen molar-refractivity contribution < 1.29 is 18.8 Å². The number of aromatic nitrogens is 1. The molecule has 1 atom stereocenters. The van der Waals surface area contributed by atoms with Crippen molar-refractivity contribution in [1.82, 2.24) is 10.1 Å². The fraction of sp³-hybridized carbons (Fsp3) is 0.583. The number of thioether (sulfide) groups is 1. The Kier molecular flexibility index (Phi) is 4.47. The number of ether oxygens (including phenoxy) is 1. The highest BCUT2D eigenvalue weighted by molar-refractivity contribution is 8.00. The van der Waals surface area contributed by atoms with E-state index in [9.17, 15) is 9.59 Å². The Morgan fingerprint density at radius 3 is 3.05 bits per heavy atom. The SMILES string of the molecule is COC(=O)CS[C@H]1CCN(C(=O)c2cc(C)on2)C1. The van der Waals surface area contributed by atoms with E-state index in [2.05, 4.69) is 9.89 Å². The molecule has 7 heteroatoms. The zero-order chi connectivity index (χ0) is 13.8. The van der Waals surface area contributed by atoms with E-state index in [1.54, 1.807) is 17.9 Å². The molecule has 1 amide bonds. The molecule has 2 rings (SSSR count). The van der Waals surface area contributed by atoms with Gasteiger partial charge in [0.2, 0.25) is 0 Å². The molecule has 1 aromatic heterocycles. The molecule has 0 bridgehead atoms. The number of esters is 1. The number of nitrogens with zero attached hydrogens (tertiary/aromatic N) is 2. The maximum atomic E-state index is 12.1. The van der Waals surface area contributed by atoms with Gasteiger partial charge >= 0.3 is 5.97 Å². The van der Waals surface area contributed by atoms with E-state index in [0.29, 0.717) is 30.3 Å². The molecule has 1 saturated heterocycles. The van der Waals surface area contributed by atoms with Crippen LogP contribution in [0.5, 0.6) is 0 Å². The summed E-state index contributed by atoms with van der Waals surface area (Å²) in [5.74, 6) is 0.603. The van der Waals surface area contributed by atoms with Crippen LogP contribution in [0.1, 0.15) is 22.7 Å². The lowest BCUT2D eigenvalue weighted by Gasteiger charge is -2.14. The largest absolute Gasteiger partial charge is 0.468 e. The van der Waals surface area contributed by atoms with E-state index in [-0.39, 0.29) is 17.1 Å². The van der Waals surface area contributed by atoms with Crippen LogP contribution in [-0.2, 0) is 9.53 Å². The van der Waals surface area contributed by atoms with Crippen LogP contribution in [0.2, 0.25) is 0 Å². The topological polar surface area (TPSA) is 72.6 Å². The highest BCUT2D eigenvalue weighted by Crippen LogP contribution is 2.24. The Morgan fingerprint density at radius 2 is 2.42 bits per heavy atom. The highest BCUT2D eigenvalue weighted by atomic mass is 32.2. The molecule has 1 aliphatic rings. The summed E-state index contributed by atoms with van der Waals surface area (Å²) in [4.78, 5) is 24.9. The number of likely N-dealkylation sites (tertiary alicyclic amines) is 1. The summed E-state index contributed by atoms with van der Waals surface area (Å²) >= 11 is 1.53. The van der Waals surface area contributed by atoms with Crippen LogP contribution >= 0.6 is 11.8 Å². The predicted molar refractivity (Wildman–Crippen MR) is 70.0 cm³/mol. The van der Waals surface area contributed by atoms with Gasteiger partial charge in [-0.1, -0.05) is 5.16 Å². The number of hydrogen-bond acceptors (Lipinski definition) is 6. The molecule has 104 valence electrons. The molecule has 0 radical (unpaired) electrons. The number of hydrogen-bond donors (Lipinski definition) is 0. The minimum Gasteiger partial charge on any atom is -0.468 e. The Hall–Kier alpha value is -1.50. The molecule has 0 aliphatic carbocycles. The molecule has 0 spiro atoms. The minimum absolute atomic E-state index is 0.113. The first-order chi connectivity index (χ1) is 9.10. The summed E-state index contributed by atoms with van der Waals surface area (Å²) < 4.78 is 9.50. The fourth-order valence-corrected chi connectivity index (χ4v) is 2.97. The first-order valence-corrected chi connectivity index (χ1v) is 7.06. The zero-order valence-corrected chi connectivity index (χ0v) is 11.7. The van der Waals surface area contributed by atoms with E-state index in [0.717, 1.165) is 6.42 Å². The maximum Gasteiger partial charge on any atom is 0.315 e. The van der Waals surface area contributed by atoms with Gasteiger partial charge in [-0.25, -0.2) is 0 Å². The standard InChI is InChI=1S/C12H16N2O4S/c1-8-5-10(13-18-8)12(16)14-4-3-9(6-14)19-7-11(15)17-2/h5,9H,3-4,6-7H2,1-2H3/t9-/m0/s1. The van der Waals surface area contributed by atoms with Crippen molar-refractivity contribution in [3.05, 3.63) is 17.5 Å². The average Bonchev–Trinajstić information content (AvgIpc) is 3.04. The van der Waals surface area contributed by atoms with Crippen molar-refractivity contribution in [2.75, 3.05) is 26.0 Å². The summed E-state index contributed by atoms with van der Waals surface area (Å²) in [6.45, 7) is 3.07. The number of carbonyl (C=O) groups is 2. The second-order valence-electron chi connectivity index (χ2n) is 4.37. The van der Waals surface area contributed by atoms with Gasteiger partial charge in [0.15, 0.2) is 5.69 Å². The number of amides is 1. The molecule has 1 aliphatic heterocycles. The maximum absolute atomic E-state index is 12.1. The first-order valence-electron chi connectivity index (χ1n) is 6.01. The van der Waals surface area contributed by atoms with E-state index in [4.69, 9.17) is 4.52 Å². The van der Waals surface area contributed by atoms with Crippen LogP contribution in [0.4, 0.5) is 0 Å². The number of methoxy groups -OCH3 is 1. The van der Waals surface area contributed by atoms with Gasteiger partial charge in [0.05, 0.1) is 12.9 Å². The Balaban J connectivity index is 1.84. The summed E-state index contributed by atoms with van der Waals surface area (Å²) in [7, 11) is 1.38. The summed E-state index contributed by atoms with van der Waals surface area (Å²) in [6, 6.07) is 1.64. The second-order valence-corrected chi connectivity index (χ2v) is 5.66. The molecule has 0 saturated carbocycles. The molecule has 0 aromatic carbocycles. The summed E-state index contributed by atoms with van der Waals surface area (Å²) in [6.07, 6.45) is 0.879. The monoisotopic (exact) mass is 284 g/mol. The average molecular weight is 284 g/mol. The van der Waals surface area contributed by atoms with Gasteiger partial charge in [0, 0.05) is 24.4 Å². The van der Waals surface area contributed by atoms with Gasteiger partial charge in [0.25, 0.3) is 5.91 Å². The molecule has 1 fully saturated rings. The van der Waals surface area contributed by atoms with Crippen LogP contribution in [0.25, 0.3) is 0 Å². The smallest absolute Gasteiger partial charge is 0.315 e. The zero-order valence-electron chi connectivity index (χ0n) is 10.9. The molecule has 2 heterocycles. The van der Waals surface area contributed by atoms with E-state index >= 15 is 0 Å². The van der Waals surface area contributed by atoms with Crippen molar-refractivity contribution in [1.29, 1.82) is 0 Å². The second kappa shape index (κ2) is 6.10. The first kappa shape index (κ1) is 13.9. The molecule has 0 N–H and O–H groups in total. The lowest BCUT2D eigenvalue weighted by atomic mass is 10.3. The van der Waals surface area contributed by atoms with Crippen molar-refractivity contribution in [3.8, 4) is 0 Å². The van der Waals surface area contributed by atoms with Gasteiger partial charge in [-0.3, -0.25) is 9.59 Å². The van der Waals surface area contributed by atoms with Gasteiger partial charge in [-0.15, -0.1) is 11.8 Å². The van der Waals surface area contributed by atoms with Gasteiger partial charge in [-0.05, 0) is 13.3 Å². The third-order valence-corrected chi connectivity index (χ3v) is 4.20. The molecule has 1 aromatic rings. The van der Waals surface area contributed by atoms with Crippen LogP contribution in [0.3, 0.4) is 0 Å². The van der Waals surface area contributed by atoms with Gasteiger partial charge in [-0.2, -0.15) is 0 Å². The molecular weight excluding hydrogens is 268 g/mol. The van der Waals surface area contributed by atoms with E-state index < -0.39 is 0 Å². The Bertz CT molecular complexity index is 474. The number of aryl methyl sites for hydroxylation is 1. The quantitative estimate of drug-likeness (QED) is 0.771. The van der Waals surface area contributed by atoms with E-state index in [1.807, 2.05) is 0 Å². The van der Waals surface area contributed by atoms with Crippen molar-refractivity contribution in [2.45, 2.75) is 18.6 Å². The molecule has 6 nitrogen and oxygen atoms in total. The molecule has 19 heavy (non-hydrogen) atoms. The Morgan fingerprint density at radius 1 is 1.63 bits per heavy atom. The van der Waals surface area contributed by atoms with Crippen molar-refractivity contribution >= 4 is 23.6 Å². The van der Waals surface area contributed by atoms with Crippen molar-refractivity contribution in [2.24, 2.45) is 0 Å². The van der Waals surface area contributed by atoms with Crippen LogP contribution in [-0.4, -0.2) is 53.1 Å². The molecule has 0 unspecified atom stereocenters.